The quantitative estimate of drug-likeness (QED) is 0.505. The summed E-state index contributed by atoms with van der Waals surface area (Å²) in [6.45, 7) is 0.580. The Labute approximate surface area is 176 Å². The van der Waals surface area contributed by atoms with E-state index >= 15 is 0 Å². The molecule has 0 aliphatic carbocycles. The summed E-state index contributed by atoms with van der Waals surface area (Å²) in [6.07, 6.45) is 3.29. The number of anilines is 1. The third-order valence-corrected chi connectivity index (χ3v) is 7.27. The summed E-state index contributed by atoms with van der Waals surface area (Å²) in [5, 5.41) is 16.4. The smallest absolute Gasteiger partial charge is 0.263 e. The average Bonchev–Trinajstić information content (AvgIpc) is 3.50. The highest BCUT2D eigenvalue weighted by molar-refractivity contribution is 7.18. The van der Waals surface area contributed by atoms with Crippen molar-refractivity contribution in [2.75, 3.05) is 11.9 Å². The van der Waals surface area contributed by atoms with E-state index in [0.717, 1.165) is 34.9 Å². The van der Waals surface area contributed by atoms with Gasteiger partial charge in [0.15, 0.2) is 0 Å². The lowest BCUT2D eigenvalue weighted by molar-refractivity contribution is -0.116. The topological polar surface area (TPSA) is 99.0 Å². The van der Waals surface area contributed by atoms with E-state index in [0.29, 0.717) is 15.3 Å². The molecule has 5 rings (SSSR count). The maximum Gasteiger partial charge on any atom is 0.263 e. The average molecular weight is 446 g/mol. The highest BCUT2D eigenvalue weighted by atomic mass is 32.1. The number of aromatic nitrogens is 4. The van der Waals surface area contributed by atoms with Gasteiger partial charge >= 0.3 is 0 Å². The number of thiophene rings is 2. The summed E-state index contributed by atoms with van der Waals surface area (Å²) in [5.74, 6) is -0.351. The van der Waals surface area contributed by atoms with Crippen LogP contribution >= 0.6 is 34.0 Å². The minimum absolute atomic E-state index is 0.0401. The van der Waals surface area contributed by atoms with Gasteiger partial charge in [0.2, 0.25) is 11.0 Å². The van der Waals surface area contributed by atoms with Crippen LogP contribution in [0.5, 0.6) is 0 Å². The lowest BCUT2D eigenvalue weighted by Gasteiger charge is -2.05. The third kappa shape index (κ3) is 3.62. The summed E-state index contributed by atoms with van der Waals surface area (Å²) < 4.78 is 6.91. The van der Waals surface area contributed by atoms with Crippen LogP contribution in [-0.4, -0.2) is 32.3 Å². The van der Waals surface area contributed by atoms with Crippen LogP contribution in [0.4, 0.5) is 5.13 Å². The van der Waals surface area contributed by atoms with Crippen LogP contribution in [0.25, 0.3) is 20.7 Å². The molecule has 1 saturated heterocycles. The van der Waals surface area contributed by atoms with Crippen LogP contribution < -0.4 is 10.9 Å². The number of hydrogen-bond donors (Lipinski definition) is 1. The lowest BCUT2D eigenvalue weighted by atomic mass is 10.2. The molecule has 4 aromatic heterocycles. The van der Waals surface area contributed by atoms with E-state index in [1.54, 1.807) is 11.3 Å². The van der Waals surface area contributed by atoms with Crippen molar-refractivity contribution in [3.63, 3.8) is 0 Å². The van der Waals surface area contributed by atoms with E-state index in [9.17, 15) is 9.59 Å². The second-order valence-corrected chi connectivity index (χ2v) is 9.29. The zero-order valence-corrected chi connectivity index (χ0v) is 17.5. The van der Waals surface area contributed by atoms with Crippen molar-refractivity contribution in [3.8, 4) is 10.4 Å². The molecule has 0 spiro atoms. The molecule has 1 aliphatic heterocycles. The first kappa shape index (κ1) is 18.6. The number of nitrogens with zero attached hydrogens (tertiary/aromatic N) is 4. The molecule has 0 bridgehead atoms. The molecule has 1 fully saturated rings. The fourth-order valence-corrected chi connectivity index (χ4v) is 5.76. The van der Waals surface area contributed by atoms with Crippen LogP contribution in [0, 0.1) is 0 Å². The summed E-state index contributed by atoms with van der Waals surface area (Å²) in [4.78, 5) is 31.5. The minimum Gasteiger partial charge on any atom is -0.371 e. The number of rotatable bonds is 5. The van der Waals surface area contributed by atoms with Crippen molar-refractivity contribution in [2.24, 2.45) is 0 Å². The molecule has 8 nitrogen and oxygen atoms in total. The summed E-state index contributed by atoms with van der Waals surface area (Å²) >= 11 is 4.29. The molecule has 0 radical (unpaired) electrons. The van der Waals surface area contributed by atoms with Crippen LogP contribution in [0.1, 0.15) is 24.0 Å². The van der Waals surface area contributed by atoms with Crippen molar-refractivity contribution in [3.05, 3.63) is 44.6 Å². The van der Waals surface area contributed by atoms with E-state index < -0.39 is 0 Å². The largest absolute Gasteiger partial charge is 0.371 e. The van der Waals surface area contributed by atoms with Crippen molar-refractivity contribution in [2.45, 2.75) is 25.5 Å². The molecule has 1 amide bonds. The van der Waals surface area contributed by atoms with E-state index in [1.165, 1.54) is 33.6 Å². The fourth-order valence-electron chi connectivity index (χ4n) is 3.19. The number of ether oxygens (including phenoxy) is 1. The normalized spacial score (nSPS) is 16.5. The van der Waals surface area contributed by atoms with Gasteiger partial charge in [-0.2, -0.15) is 0 Å². The van der Waals surface area contributed by atoms with Crippen LogP contribution in [0.2, 0.25) is 0 Å². The predicted molar refractivity (Wildman–Crippen MR) is 114 cm³/mol. The number of nitrogens with one attached hydrogen (secondary N) is 1. The molecule has 11 heteroatoms. The first-order chi connectivity index (χ1) is 14.2. The van der Waals surface area contributed by atoms with Crippen LogP contribution in [-0.2, 0) is 16.1 Å². The number of fused-ring (bicyclic) bond motifs is 1. The van der Waals surface area contributed by atoms with E-state index in [-0.39, 0.29) is 24.1 Å². The second-order valence-electron chi connectivity index (χ2n) is 6.48. The van der Waals surface area contributed by atoms with E-state index in [4.69, 9.17) is 4.74 Å². The van der Waals surface area contributed by atoms with Gasteiger partial charge in [0, 0.05) is 22.4 Å². The van der Waals surface area contributed by atoms with Gasteiger partial charge in [-0.05, 0) is 24.3 Å². The number of amides is 1. The third-order valence-electron chi connectivity index (χ3n) is 4.55. The van der Waals surface area contributed by atoms with Gasteiger partial charge in [-0.3, -0.25) is 19.5 Å². The van der Waals surface area contributed by atoms with Gasteiger partial charge in [0.25, 0.3) is 5.56 Å². The molecule has 29 heavy (non-hydrogen) atoms. The molecule has 1 aliphatic rings. The van der Waals surface area contributed by atoms with Gasteiger partial charge in [-0.25, -0.2) is 4.98 Å². The molecule has 5 heterocycles. The molecular weight excluding hydrogens is 430 g/mol. The van der Waals surface area contributed by atoms with Gasteiger partial charge in [-0.1, -0.05) is 17.4 Å². The molecule has 148 valence electrons. The zero-order chi connectivity index (χ0) is 19.8. The Morgan fingerprint density at radius 2 is 2.28 bits per heavy atom. The van der Waals surface area contributed by atoms with Crippen molar-refractivity contribution in [1.29, 1.82) is 0 Å². The van der Waals surface area contributed by atoms with Crippen LogP contribution in [0.3, 0.4) is 0 Å². The minimum atomic E-state index is -0.351. The molecular formula is C18H15N5O3S3. The molecule has 0 saturated carbocycles. The van der Waals surface area contributed by atoms with Crippen molar-refractivity contribution >= 4 is 55.3 Å². The Balaban J connectivity index is 1.36. The second kappa shape index (κ2) is 7.75. The Morgan fingerprint density at radius 3 is 3.07 bits per heavy atom. The molecule has 0 aromatic carbocycles. The Morgan fingerprint density at radius 1 is 1.34 bits per heavy atom. The monoisotopic (exact) mass is 445 g/mol. The zero-order valence-electron chi connectivity index (χ0n) is 15.0. The molecule has 1 atom stereocenters. The Bertz CT molecular complexity index is 1220. The maximum absolute atomic E-state index is 13.0. The van der Waals surface area contributed by atoms with E-state index in [1.807, 2.05) is 22.9 Å². The number of carbonyl (C=O) groups excluding carboxylic acids is 1. The highest BCUT2D eigenvalue weighted by Crippen LogP contribution is 2.33. The predicted octanol–water partition coefficient (Wildman–Crippen LogP) is 3.53. The van der Waals surface area contributed by atoms with Gasteiger partial charge in [0.05, 0.1) is 11.7 Å². The number of carbonyl (C=O) groups is 1. The Hall–Kier alpha value is -2.47. The van der Waals surface area contributed by atoms with Crippen molar-refractivity contribution in [1.82, 2.24) is 19.7 Å². The van der Waals surface area contributed by atoms with E-state index in [2.05, 4.69) is 20.5 Å². The molecule has 1 N–H and O–H groups in total. The summed E-state index contributed by atoms with van der Waals surface area (Å²) in [7, 11) is 0. The molecule has 1 unspecified atom stereocenters. The highest BCUT2D eigenvalue weighted by Gasteiger charge is 2.22. The summed E-state index contributed by atoms with van der Waals surface area (Å²) in [6, 6.07) is 3.91. The SMILES string of the molecule is O=C(Cn1cnc2scc(-c3cccs3)c2c1=O)Nc1nnc(C2CCCO2)s1. The van der Waals surface area contributed by atoms with Gasteiger partial charge < -0.3 is 4.74 Å². The lowest BCUT2D eigenvalue weighted by Crippen LogP contribution is -2.27. The summed E-state index contributed by atoms with van der Waals surface area (Å²) in [5.41, 5.74) is 0.629. The van der Waals surface area contributed by atoms with Gasteiger partial charge in [-0.15, -0.1) is 32.9 Å². The Kier molecular flexibility index (Phi) is 4.96. The standard InChI is InChI=1S/C18H15N5O3S3/c24-13(20-18-22-21-15(29-18)11-3-1-5-26-11)7-23-9-19-16-14(17(23)25)10(8-28-16)12-4-2-6-27-12/h2,4,6,8-9,11H,1,3,5,7H2,(H,20,22,24). The van der Waals surface area contributed by atoms with Crippen molar-refractivity contribution < 1.29 is 9.53 Å². The maximum atomic E-state index is 13.0. The molecule has 4 aromatic rings. The van der Waals surface area contributed by atoms with Gasteiger partial charge in [0.1, 0.15) is 22.5 Å². The fraction of sp³-hybridized carbons (Fsp3) is 0.278. The van der Waals surface area contributed by atoms with Crippen LogP contribution in [0.15, 0.2) is 34.0 Å². The first-order valence-corrected chi connectivity index (χ1v) is 11.5. The first-order valence-electron chi connectivity index (χ1n) is 8.94. The number of hydrogen-bond acceptors (Lipinski definition) is 9.